The highest BCUT2D eigenvalue weighted by atomic mass is 35.5. The minimum atomic E-state index is -0.107. The van der Waals surface area contributed by atoms with E-state index in [1.54, 1.807) is 6.07 Å². The Bertz CT molecular complexity index is 532. The van der Waals surface area contributed by atoms with E-state index in [1.807, 2.05) is 6.07 Å². The van der Waals surface area contributed by atoms with Gasteiger partial charge in [-0.05, 0) is 0 Å². The standard InChI is InChI=1S/C14H18ClN3O/c1-13(2)11(17)14(3,4)12(13)19-8-5-9(15)10(6-16)18-7-8/h5,7,11-12H,17H2,1-4H3. The van der Waals surface area contributed by atoms with Crippen molar-refractivity contribution in [3.63, 3.8) is 0 Å². The zero-order chi connectivity index (χ0) is 14.4. The Balaban J connectivity index is 2.23. The molecule has 1 saturated carbocycles. The summed E-state index contributed by atoms with van der Waals surface area (Å²) < 4.78 is 6.00. The number of halogens is 1. The van der Waals surface area contributed by atoms with Crippen molar-refractivity contribution in [3.05, 3.63) is 23.0 Å². The van der Waals surface area contributed by atoms with Gasteiger partial charge in [-0.3, -0.25) is 0 Å². The third-order valence-electron chi connectivity index (χ3n) is 4.13. The van der Waals surface area contributed by atoms with Crippen molar-refractivity contribution < 1.29 is 4.74 Å². The third kappa shape index (κ3) is 2.07. The lowest BCUT2D eigenvalue weighted by atomic mass is 9.50. The van der Waals surface area contributed by atoms with Gasteiger partial charge >= 0.3 is 0 Å². The summed E-state index contributed by atoms with van der Waals surface area (Å²) in [5.74, 6) is 0.571. The Hall–Kier alpha value is -1.31. The zero-order valence-corrected chi connectivity index (χ0v) is 12.3. The first kappa shape index (κ1) is 14.1. The van der Waals surface area contributed by atoms with Gasteiger partial charge in [-0.25, -0.2) is 4.98 Å². The van der Waals surface area contributed by atoms with Crippen LogP contribution in [0.1, 0.15) is 33.4 Å². The van der Waals surface area contributed by atoms with Crippen molar-refractivity contribution in [2.24, 2.45) is 16.6 Å². The molecule has 4 nitrogen and oxygen atoms in total. The lowest BCUT2D eigenvalue weighted by Crippen LogP contribution is -2.72. The highest BCUT2D eigenvalue weighted by molar-refractivity contribution is 6.31. The van der Waals surface area contributed by atoms with Gasteiger partial charge in [0.2, 0.25) is 0 Å². The fourth-order valence-corrected chi connectivity index (χ4v) is 3.35. The van der Waals surface area contributed by atoms with E-state index in [0.717, 1.165) is 0 Å². The quantitative estimate of drug-likeness (QED) is 0.903. The van der Waals surface area contributed by atoms with Crippen molar-refractivity contribution >= 4 is 11.6 Å². The molecule has 1 aliphatic carbocycles. The van der Waals surface area contributed by atoms with E-state index in [4.69, 9.17) is 27.3 Å². The molecule has 0 amide bonds. The summed E-state index contributed by atoms with van der Waals surface area (Å²) in [5, 5.41) is 9.10. The molecular weight excluding hydrogens is 262 g/mol. The molecule has 5 heteroatoms. The number of aromatic nitrogens is 1. The van der Waals surface area contributed by atoms with Crippen LogP contribution in [0, 0.1) is 22.2 Å². The molecule has 0 saturated heterocycles. The van der Waals surface area contributed by atoms with Crippen molar-refractivity contribution in [1.29, 1.82) is 5.26 Å². The first-order valence-corrected chi connectivity index (χ1v) is 6.57. The summed E-state index contributed by atoms with van der Waals surface area (Å²) in [6.07, 6.45) is 1.52. The van der Waals surface area contributed by atoms with Crippen LogP contribution in [-0.4, -0.2) is 17.1 Å². The summed E-state index contributed by atoms with van der Waals surface area (Å²) >= 11 is 5.96. The van der Waals surface area contributed by atoms with Crippen LogP contribution < -0.4 is 10.5 Å². The molecule has 1 heterocycles. The number of ether oxygens (including phenoxy) is 1. The van der Waals surface area contributed by atoms with Gasteiger partial charge in [-0.2, -0.15) is 5.26 Å². The maximum absolute atomic E-state index is 8.80. The van der Waals surface area contributed by atoms with E-state index in [0.29, 0.717) is 10.8 Å². The van der Waals surface area contributed by atoms with Gasteiger partial charge in [0, 0.05) is 22.9 Å². The SMILES string of the molecule is CC1(C)C(N)C(C)(C)C1Oc1cnc(C#N)c(Cl)c1. The maximum atomic E-state index is 8.80. The largest absolute Gasteiger partial charge is 0.488 e. The van der Waals surface area contributed by atoms with Gasteiger partial charge in [-0.15, -0.1) is 0 Å². The van der Waals surface area contributed by atoms with Gasteiger partial charge in [0.15, 0.2) is 5.69 Å². The smallest absolute Gasteiger partial charge is 0.159 e. The van der Waals surface area contributed by atoms with Crippen LogP contribution in [-0.2, 0) is 0 Å². The van der Waals surface area contributed by atoms with Crippen LogP contribution in [0.2, 0.25) is 5.02 Å². The number of rotatable bonds is 2. The normalized spacial score (nSPS) is 27.2. The molecule has 1 aromatic rings. The molecule has 2 rings (SSSR count). The second kappa shape index (κ2) is 4.36. The topological polar surface area (TPSA) is 71.9 Å². The Labute approximate surface area is 118 Å². The molecule has 1 aromatic heterocycles. The van der Waals surface area contributed by atoms with Gasteiger partial charge in [-0.1, -0.05) is 39.3 Å². The van der Waals surface area contributed by atoms with Crippen molar-refractivity contribution in [1.82, 2.24) is 4.98 Å². The Morgan fingerprint density at radius 3 is 2.42 bits per heavy atom. The molecule has 2 N–H and O–H groups in total. The Kier molecular flexibility index (Phi) is 3.24. The number of nitriles is 1. The zero-order valence-electron chi connectivity index (χ0n) is 11.6. The van der Waals surface area contributed by atoms with E-state index >= 15 is 0 Å². The number of nitrogens with zero attached hydrogens (tertiary/aromatic N) is 2. The van der Waals surface area contributed by atoms with Crippen LogP contribution in [0.5, 0.6) is 5.75 Å². The number of hydrogen-bond acceptors (Lipinski definition) is 4. The van der Waals surface area contributed by atoms with E-state index in [1.165, 1.54) is 6.20 Å². The monoisotopic (exact) mass is 279 g/mol. The molecule has 0 radical (unpaired) electrons. The predicted molar refractivity (Wildman–Crippen MR) is 73.9 cm³/mol. The molecule has 1 fully saturated rings. The minimum Gasteiger partial charge on any atom is -0.488 e. The average Bonchev–Trinajstić information content (AvgIpc) is 2.34. The summed E-state index contributed by atoms with van der Waals surface area (Å²) in [4.78, 5) is 3.97. The first-order chi connectivity index (χ1) is 8.71. The minimum absolute atomic E-state index is 0.0131. The van der Waals surface area contributed by atoms with Crippen LogP contribution in [0.15, 0.2) is 12.3 Å². The molecule has 0 spiro atoms. The average molecular weight is 280 g/mol. The molecule has 1 aliphatic rings. The predicted octanol–water partition coefficient (Wildman–Crippen LogP) is 2.75. The van der Waals surface area contributed by atoms with E-state index in [2.05, 4.69) is 32.7 Å². The highest BCUT2D eigenvalue weighted by Gasteiger charge is 2.61. The summed E-state index contributed by atoms with van der Waals surface area (Å²) in [6.45, 7) is 8.36. The summed E-state index contributed by atoms with van der Waals surface area (Å²) in [7, 11) is 0. The van der Waals surface area contributed by atoms with Crippen LogP contribution in [0.3, 0.4) is 0 Å². The molecule has 0 aliphatic heterocycles. The number of nitrogens with two attached hydrogens (primary N) is 1. The van der Waals surface area contributed by atoms with Crippen molar-refractivity contribution in [2.45, 2.75) is 39.8 Å². The molecule has 0 aromatic carbocycles. The lowest BCUT2D eigenvalue weighted by molar-refractivity contribution is -0.155. The maximum Gasteiger partial charge on any atom is 0.159 e. The van der Waals surface area contributed by atoms with Crippen LogP contribution in [0.4, 0.5) is 0 Å². The fraction of sp³-hybridized carbons (Fsp3) is 0.571. The van der Waals surface area contributed by atoms with Gasteiger partial charge in [0.1, 0.15) is 17.9 Å². The van der Waals surface area contributed by atoms with E-state index < -0.39 is 0 Å². The first-order valence-electron chi connectivity index (χ1n) is 6.19. The number of pyridine rings is 1. The number of hydrogen-bond donors (Lipinski definition) is 1. The molecule has 19 heavy (non-hydrogen) atoms. The van der Waals surface area contributed by atoms with Gasteiger partial charge in [0.25, 0.3) is 0 Å². The van der Waals surface area contributed by atoms with Gasteiger partial charge < -0.3 is 10.5 Å². The van der Waals surface area contributed by atoms with Crippen LogP contribution >= 0.6 is 11.6 Å². The van der Waals surface area contributed by atoms with Gasteiger partial charge in [0.05, 0.1) is 11.2 Å². The summed E-state index contributed by atoms with van der Waals surface area (Å²) in [5.41, 5.74) is 6.18. The molecule has 102 valence electrons. The van der Waals surface area contributed by atoms with E-state index in [9.17, 15) is 0 Å². The fourth-order valence-electron chi connectivity index (χ4n) is 3.15. The lowest BCUT2D eigenvalue weighted by Gasteiger charge is -2.61. The van der Waals surface area contributed by atoms with Crippen molar-refractivity contribution in [2.75, 3.05) is 0 Å². The molecular formula is C14H18ClN3O. The summed E-state index contributed by atoms with van der Waals surface area (Å²) in [6, 6.07) is 3.63. The molecule has 0 unspecified atom stereocenters. The second-order valence-electron chi connectivity index (χ2n) is 6.23. The molecule has 0 atom stereocenters. The van der Waals surface area contributed by atoms with Crippen LogP contribution in [0.25, 0.3) is 0 Å². The third-order valence-corrected chi connectivity index (χ3v) is 4.42. The highest BCUT2D eigenvalue weighted by Crippen LogP contribution is 2.54. The Morgan fingerprint density at radius 2 is 1.95 bits per heavy atom. The van der Waals surface area contributed by atoms with Crippen molar-refractivity contribution in [3.8, 4) is 11.8 Å². The second-order valence-corrected chi connectivity index (χ2v) is 6.64. The van der Waals surface area contributed by atoms with E-state index in [-0.39, 0.29) is 28.7 Å². The Morgan fingerprint density at radius 1 is 1.37 bits per heavy atom. The molecule has 0 bridgehead atoms.